The molecule has 4 nitrogen and oxygen atoms in total. The topological polar surface area (TPSA) is 67.8 Å². The third kappa shape index (κ3) is 4.51. The number of amidine groups is 1. The van der Waals surface area contributed by atoms with E-state index in [2.05, 4.69) is 12.1 Å². The Kier molecular flexibility index (Phi) is 5.47. The van der Waals surface area contributed by atoms with Crippen LogP contribution in [0.1, 0.15) is 45.4 Å². The third-order valence-electron chi connectivity index (χ3n) is 3.07. The fourth-order valence-electron chi connectivity index (χ4n) is 2.07. The van der Waals surface area contributed by atoms with Crippen LogP contribution in [-0.2, 0) is 4.74 Å². The van der Waals surface area contributed by atoms with Gasteiger partial charge in [-0.1, -0.05) is 24.9 Å². The molecule has 2 atom stereocenters. The summed E-state index contributed by atoms with van der Waals surface area (Å²) in [4.78, 5) is 0. The molecule has 1 rings (SSSR count). The quantitative estimate of drug-likeness (QED) is 0.242. The molecule has 1 fully saturated rings. The van der Waals surface area contributed by atoms with Gasteiger partial charge in [-0.05, 0) is 25.2 Å². The highest BCUT2D eigenvalue weighted by atomic mass is 16.5. The van der Waals surface area contributed by atoms with E-state index < -0.39 is 0 Å². The second kappa shape index (κ2) is 6.67. The van der Waals surface area contributed by atoms with Crippen molar-refractivity contribution in [1.29, 1.82) is 0 Å². The van der Waals surface area contributed by atoms with Crippen LogP contribution in [-0.4, -0.2) is 23.8 Å². The van der Waals surface area contributed by atoms with Gasteiger partial charge in [-0.2, -0.15) is 0 Å². The summed E-state index contributed by atoms with van der Waals surface area (Å²) in [5.41, 5.74) is 5.36. The first kappa shape index (κ1) is 12.3. The molecule has 88 valence electrons. The molecular formula is C11H22N2O2. The fourth-order valence-corrected chi connectivity index (χ4v) is 2.07. The van der Waals surface area contributed by atoms with E-state index in [0.717, 1.165) is 6.42 Å². The monoisotopic (exact) mass is 214 g/mol. The van der Waals surface area contributed by atoms with Gasteiger partial charge in [0.15, 0.2) is 0 Å². The molecule has 1 saturated carbocycles. The summed E-state index contributed by atoms with van der Waals surface area (Å²) in [7, 11) is 0. The predicted molar refractivity (Wildman–Crippen MR) is 60.0 cm³/mol. The number of nitrogens with zero attached hydrogens (tertiary/aromatic N) is 1. The summed E-state index contributed by atoms with van der Waals surface area (Å²) in [5.74, 6) is 0.970. The number of hydrogen-bond donors (Lipinski definition) is 2. The smallest absolute Gasteiger partial charge is 0.139 e. The SMILES string of the molecule is CC1CCCCC1OCCC/C(N)=N/O. The molecule has 0 aromatic heterocycles. The van der Waals surface area contributed by atoms with Gasteiger partial charge in [0, 0.05) is 13.0 Å². The zero-order chi connectivity index (χ0) is 11.1. The Hall–Kier alpha value is -0.770. The van der Waals surface area contributed by atoms with Crippen molar-refractivity contribution >= 4 is 5.84 Å². The lowest BCUT2D eigenvalue weighted by atomic mass is 9.88. The van der Waals surface area contributed by atoms with Crippen molar-refractivity contribution in [3.63, 3.8) is 0 Å². The van der Waals surface area contributed by atoms with E-state index in [1.807, 2.05) is 0 Å². The number of nitrogens with two attached hydrogens (primary N) is 1. The Balaban J connectivity index is 2.08. The normalized spacial score (nSPS) is 27.9. The molecule has 0 saturated heterocycles. The maximum Gasteiger partial charge on any atom is 0.139 e. The van der Waals surface area contributed by atoms with Crippen molar-refractivity contribution in [2.24, 2.45) is 16.8 Å². The van der Waals surface area contributed by atoms with Crippen LogP contribution in [0.5, 0.6) is 0 Å². The summed E-state index contributed by atoms with van der Waals surface area (Å²) in [6.07, 6.45) is 6.96. The van der Waals surface area contributed by atoms with Gasteiger partial charge in [-0.3, -0.25) is 0 Å². The fraction of sp³-hybridized carbons (Fsp3) is 0.909. The van der Waals surface area contributed by atoms with Crippen molar-refractivity contribution in [3.05, 3.63) is 0 Å². The van der Waals surface area contributed by atoms with Crippen molar-refractivity contribution in [2.75, 3.05) is 6.61 Å². The molecule has 0 heterocycles. The van der Waals surface area contributed by atoms with Crippen LogP contribution in [0.15, 0.2) is 5.16 Å². The Bertz CT molecular complexity index is 207. The zero-order valence-electron chi connectivity index (χ0n) is 9.48. The standard InChI is InChI=1S/C11H22N2O2/c1-9-5-2-3-6-10(9)15-8-4-7-11(12)13-14/h9-10,14H,2-8H2,1H3,(H2,12,13). The van der Waals surface area contributed by atoms with Gasteiger partial charge >= 0.3 is 0 Å². The summed E-state index contributed by atoms with van der Waals surface area (Å²) in [6.45, 7) is 2.97. The molecule has 1 aliphatic carbocycles. The van der Waals surface area contributed by atoms with Crippen LogP contribution in [0.25, 0.3) is 0 Å². The summed E-state index contributed by atoms with van der Waals surface area (Å²) >= 11 is 0. The van der Waals surface area contributed by atoms with Crippen molar-refractivity contribution < 1.29 is 9.94 Å². The molecule has 0 aromatic carbocycles. The van der Waals surface area contributed by atoms with E-state index >= 15 is 0 Å². The average Bonchev–Trinajstić information content (AvgIpc) is 2.26. The molecule has 0 spiro atoms. The lowest BCUT2D eigenvalue weighted by Gasteiger charge is -2.28. The van der Waals surface area contributed by atoms with Crippen LogP contribution in [0.4, 0.5) is 0 Å². The number of hydrogen-bond acceptors (Lipinski definition) is 3. The lowest BCUT2D eigenvalue weighted by Crippen LogP contribution is -2.26. The Morgan fingerprint density at radius 3 is 2.87 bits per heavy atom. The second-order valence-electron chi connectivity index (χ2n) is 4.37. The van der Waals surface area contributed by atoms with Gasteiger partial charge in [0.05, 0.1) is 6.10 Å². The molecule has 0 amide bonds. The maximum atomic E-state index is 8.35. The van der Waals surface area contributed by atoms with Crippen LogP contribution in [0.3, 0.4) is 0 Å². The molecule has 0 radical (unpaired) electrons. The minimum absolute atomic E-state index is 0.287. The summed E-state index contributed by atoms with van der Waals surface area (Å²) < 4.78 is 5.80. The maximum absolute atomic E-state index is 8.35. The largest absolute Gasteiger partial charge is 0.409 e. The van der Waals surface area contributed by atoms with Crippen LogP contribution in [0, 0.1) is 5.92 Å². The summed E-state index contributed by atoms with van der Waals surface area (Å²) in [5, 5.41) is 11.3. The van der Waals surface area contributed by atoms with Crippen molar-refractivity contribution in [1.82, 2.24) is 0 Å². The molecule has 0 aromatic rings. The lowest BCUT2D eigenvalue weighted by molar-refractivity contribution is -0.00536. The third-order valence-corrected chi connectivity index (χ3v) is 3.07. The highest BCUT2D eigenvalue weighted by molar-refractivity contribution is 5.79. The first-order valence-electron chi connectivity index (χ1n) is 5.82. The molecule has 4 heteroatoms. The minimum atomic E-state index is 0.287. The zero-order valence-corrected chi connectivity index (χ0v) is 9.48. The molecule has 0 aliphatic heterocycles. The van der Waals surface area contributed by atoms with E-state index in [9.17, 15) is 0 Å². The molecule has 1 aliphatic rings. The molecule has 0 bridgehead atoms. The molecular weight excluding hydrogens is 192 g/mol. The minimum Gasteiger partial charge on any atom is -0.409 e. The van der Waals surface area contributed by atoms with Gasteiger partial charge in [0.2, 0.25) is 0 Å². The van der Waals surface area contributed by atoms with Gasteiger partial charge in [-0.15, -0.1) is 0 Å². The summed E-state index contributed by atoms with van der Waals surface area (Å²) in [6, 6.07) is 0. The molecule has 15 heavy (non-hydrogen) atoms. The number of ether oxygens (including phenoxy) is 1. The highest BCUT2D eigenvalue weighted by Crippen LogP contribution is 2.26. The van der Waals surface area contributed by atoms with Crippen molar-refractivity contribution in [2.45, 2.75) is 51.6 Å². The first-order chi connectivity index (χ1) is 7.24. The van der Waals surface area contributed by atoms with E-state index in [1.54, 1.807) is 0 Å². The van der Waals surface area contributed by atoms with Gasteiger partial charge in [0.25, 0.3) is 0 Å². The van der Waals surface area contributed by atoms with Crippen LogP contribution < -0.4 is 5.73 Å². The van der Waals surface area contributed by atoms with Crippen molar-refractivity contribution in [3.8, 4) is 0 Å². The van der Waals surface area contributed by atoms with Crippen LogP contribution in [0.2, 0.25) is 0 Å². The van der Waals surface area contributed by atoms with Gasteiger partial charge < -0.3 is 15.7 Å². The van der Waals surface area contributed by atoms with E-state index in [4.69, 9.17) is 15.7 Å². The molecule has 3 N–H and O–H groups in total. The Morgan fingerprint density at radius 2 is 2.20 bits per heavy atom. The Morgan fingerprint density at radius 1 is 1.47 bits per heavy atom. The van der Waals surface area contributed by atoms with E-state index in [1.165, 1.54) is 25.7 Å². The first-order valence-corrected chi connectivity index (χ1v) is 5.82. The predicted octanol–water partition coefficient (Wildman–Crippen LogP) is 2.11. The highest BCUT2D eigenvalue weighted by Gasteiger charge is 2.21. The molecule has 2 unspecified atom stereocenters. The van der Waals surface area contributed by atoms with Gasteiger partial charge in [-0.25, -0.2) is 0 Å². The average molecular weight is 214 g/mol. The number of oxime groups is 1. The van der Waals surface area contributed by atoms with Gasteiger partial charge in [0.1, 0.15) is 5.84 Å². The second-order valence-corrected chi connectivity index (χ2v) is 4.37. The van der Waals surface area contributed by atoms with E-state index in [-0.39, 0.29) is 5.84 Å². The van der Waals surface area contributed by atoms with E-state index in [0.29, 0.717) is 25.0 Å². The number of rotatable bonds is 5. The Labute approximate surface area is 91.5 Å². The van der Waals surface area contributed by atoms with Crippen LogP contribution >= 0.6 is 0 Å².